The molecule has 0 aliphatic heterocycles. The number of anilines is 1. The summed E-state index contributed by atoms with van der Waals surface area (Å²) < 4.78 is 5.08. The van der Waals surface area contributed by atoms with Crippen LogP contribution in [0.1, 0.15) is 20.1 Å². The van der Waals surface area contributed by atoms with Gasteiger partial charge in [-0.25, -0.2) is 0 Å². The summed E-state index contributed by atoms with van der Waals surface area (Å²) in [5.41, 5.74) is 7.42. The molecule has 100 valence electrons. The lowest BCUT2D eigenvalue weighted by atomic mass is 10.2. The minimum Gasteiger partial charge on any atom is -0.497 e. The molecule has 1 aromatic carbocycles. The highest BCUT2D eigenvalue weighted by Crippen LogP contribution is 2.23. The zero-order valence-electron chi connectivity index (χ0n) is 10.9. The molecule has 5 heteroatoms. The van der Waals surface area contributed by atoms with Crippen molar-refractivity contribution in [3.05, 3.63) is 45.6 Å². The zero-order chi connectivity index (χ0) is 13.8. The first-order valence-electron chi connectivity index (χ1n) is 5.87. The second-order valence-corrected chi connectivity index (χ2v) is 5.41. The van der Waals surface area contributed by atoms with Gasteiger partial charge in [-0.2, -0.15) is 0 Å². The van der Waals surface area contributed by atoms with Crippen molar-refractivity contribution in [2.24, 2.45) is 0 Å². The lowest BCUT2D eigenvalue weighted by Crippen LogP contribution is -2.21. The third-order valence-electron chi connectivity index (χ3n) is 2.79. The number of nitrogens with one attached hydrogen (secondary N) is 1. The Labute approximate surface area is 116 Å². The number of benzene rings is 1. The summed E-state index contributed by atoms with van der Waals surface area (Å²) in [5, 5.41) is 2.87. The van der Waals surface area contributed by atoms with Gasteiger partial charge in [0.15, 0.2) is 0 Å². The monoisotopic (exact) mass is 276 g/mol. The number of hydrogen-bond acceptors (Lipinski definition) is 4. The Morgan fingerprint density at radius 2 is 2.05 bits per heavy atom. The van der Waals surface area contributed by atoms with Crippen LogP contribution >= 0.6 is 11.3 Å². The molecule has 2 aromatic rings. The molecule has 0 saturated heterocycles. The lowest BCUT2D eigenvalue weighted by molar-refractivity contribution is 0.0955. The predicted octanol–water partition coefficient (Wildman–Crippen LogP) is 2.58. The van der Waals surface area contributed by atoms with Crippen LogP contribution in [0.15, 0.2) is 30.3 Å². The molecule has 1 amide bonds. The summed E-state index contributed by atoms with van der Waals surface area (Å²) in [7, 11) is 1.63. The van der Waals surface area contributed by atoms with Gasteiger partial charge in [-0.3, -0.25) is 4.79 Å². The van der Waals surface area contributed by atoms with E-state index in [-0.39, 0.29) is 5.91 Å². The van der Waals surface area contributed by atoms with Crippen LogP contribution in [-0.2, 0) is 6.54 Å². The fourth-order valence-electron chi connectivity index (χ4n) is 1.62. The summed E-state index contributed by atoms with van der Waals surface area (Å²) in [6, 6.07) is 9.30. The van der Waals surface area contributed by atoms with Crippen LogP contribution in [0, 0.1) is 6.92 Å². The molecule has 0 bridgehead atoms. The number of hydrogen-bond donors (Lipinski definition) is 2. The normalized spacial score (nSPS) is 10.2. The Hall–Kier alpha value is -2.01. The standard InChI is InChI=1S/C14H16N2O2S/c1-9-12(15)7-13(19-9)14(17)16-8-10-3-5-11(18-2)6-4-10/h3-7H,8,15H2,1-2H3,(H,16,17). The van der Waals surface area contributed by atoms with Gasteiger partial charge in [0, 0.05) is 17.1 Å². The van der Waals surface area contributed by atoms with E-state index in [9.17, 15) is 4.79 Å². The number of nitrogen functional groups attached to an aromatic ring is 1. The molecule has 3 N–H and O–H groups in total. The highest BCUT2D eigenvalue weighted by Gasteiger charge is 2.10. The molecule has 2 rings (SSSR count). The van der Waals surface area contributed by atoms with Gasteiger partial charge in [-0.1, -0.05) is 12.1 Å². The van der Waals surface area contributed by atoms with Crippen molar-refractivity contribution >= 4 is 22.9 Å². The number of thiophene rings is 1. The average molecular weight is 276 g/mol. The summed E-state index contributed by atoms with van der Waals surface area (Å²) in [6.45, 7) is 2.39. The van der Waals surface area contributed by atoms with Gasteiger partial charge >= 0.3 is 0 Å². The maximum absolute atomic E-state index is 11.9. The molecule has 19 heavy (non-hydrogen) atoms. The van der Waals surface area contributed by atoms with Crippen molar-refractivity contribution in [3.8, 4) is 5.75 Å². The SMILES string of the molecule is COc1ccc(CNC(=O)c2cc(N)c(C)s2)cc1. The molecule has 0 radical (unpaired) electrons. The number of rotatable bonds is 4. The van der Waals surface area contributed by atoms with Crippen LogP contribution in [0.2, 0.25) is 0 Å². The van der Waals surface area contributed by atoms with E-state index >= 15 is 0 Å². The number of nitrogens with two attached hydrogens (primary N) is 1. The summed E-state index contributed by atoms with van der Waals surface area (Å²) in [6.07, 6.45) is 0. The van der Waals surface area contributed by atoms with Crippen molar-refractivity contribution in [2.75, 3.05) is 12.8 Å². The second-order valence-electron chi connectivity index (χ2n) is 4.15. The molecule has 1 aromatic heterocycles. The number of amides is 1. The van der Waals surface area contributed by atoms with Gasteiger partial charge in [0.05, 0.1) is 12.0 Å². The van der Waals surface area contributed by atoms with Gasteiger partial charge in [-0.15, -0.1) is 11.3 Å². The van der Waals surface area contributed by atoms with E-state index in [4.69, 9.17) is 10.5 Å². The van der Waals surface area contributed by atoms with Crippen LogP contribution in [0.3, 0.4) is 0 Å². The van der Waals surface area contributed by atoms with Gasteiger partial charge in [0.2, 0.25) is 0 Å². The molecule has 0 aliphatic carbocycles. The highest BCUT2D eigenvalue weighted by molar-refractivity contribution is 7.14. The fourth-order valence-corrected chi connectivity index (χ4v) is 2.48. The van der Waals surface area contributed by atoms with E-state index in [1.807, 2.05) is 31.2 Å². The van der Waals surface area contributed by atoms with Gasteiger partial charge < -0.3 is 15.8 Å². The maximum Gasteiger partial charge on any atom is 0.261 e. The molecule has 0 aliphatic rings. The smallest absolute Gasteiger partial charge is 0.261 e. The van der Waals surface area contributed by atoms with E-state index in [1.165, 1.54) is 11.3 Å². The molecule has 1 heterocycles. The fraction of sp³-hybridized carbons (Fsp3) is 0.214. The van der Waals surface area contributed by atoms with Crippen molar-refractivity contribution < 1.29 is 9.53 Å². The van der Waals surface area contributed by atoms with Crippen molar-refractivity contribution in [1.82, 2.24) is 5.32 Å². The molecule has 0 spiro atoms. The van der Waals surface area contributed by atoms with Gasteiger partial charge in [0.25, 0.3) is 5.91 Å². The Kier molecular flexibility index (Phi) is 4.06. The average Bonchev–Trinajstić information content (AvgIpc) is 2.77. The summed E-state index contributed by atoms with van der Waals surface area (Å²) in [4.78, 5) is 13.5. The van der Waals surface area contributed by atoms with Crippen molar-refractivity contribution in [3.63, 3.8) is 0 Å². The van der Waals surface area contributed by atoms with Crippen LogP contribution < -0.4 is 15.8 Å². The van der Waals surface area contributed by atoms with Crippen molar-refractivity contribution in [2.45, 2.75) is 13.5 Å². The lowest BCUT2D eigenvalue weighted by Gasteiger charge is -2.05. The molecule has 0 unspecified atom stereocenters. The Balaban J connectivity index is 1.96. The topological polar surface area (TPSA) is 64.3 Å². The molecule has 0 fully saturated rings. The van der Waals surface area contributed by atoms with Crippen molar-refractivity contribution in [1.29, 1.82) is 0 Å². The Morgan fingerprint density at radius 1 is 1.37 bits per heavy atom. The van der Waals surface area contributed by atoms with Crippen LogP contribution in [0.4, 0.5) is 5.69 Å². The predicted molar refractivity (Wildman–Crippen MR) is 77.6 cm³/mol. The van der Waals surface area contributed by atoms with E-state index in [1.54, 1.807) is 13.2 Å². The largest absolute Gasteiger partial charge is 0.497 e. The first kappa shape index (κ1) is 13.4. The highest BCUT2D eigenvalue weighted by atomic mass is 32.1. The Bertz CT molecular complexity index is 556. The third-order valence-corrected chi connectivity index (χ3v) is 3.86. The zero-order valence-corrected chi connectivity index (χ0v) is 11.7. The van der Waals surface area contributed by atoms with E-state index in [0.717, 1.165) is 16.2 Å². The molecular formula is C14H16N2O2S. The van der Waals surface area contributed by atoms with E-state index in [0.29, 0.717) is 17.1 Å². The number of aryl methyl sites for hydroxylation is 1. The number of carbonyl (C=O) groups is 1. The van der Waals surface area contributed by atoms with Gasteiger partial charge in [-0.05, 0) is 30.7 Å². The van der Waals surface area contributed by atoms with Gasteiger partial charge in [0.1, 0.15) is 5.75 Å². The first-order valence-corrected chi connectivity index (χ1v) is 6.69. The molecule has 0 atom stereocenters. The number of carbonyl (C=O) groups excluding carboxylic acids is 1. The molecule has 4 nitrogen and oxygen atoms in total. The third kappa shape index (κ3) is 3.26. The van der Waals surface area contributed by atoms with Crippen LogP contribution in [-0.4, -0.2) is 13.0 Å². The first-order chi connectivity index (χ1) is 9.10. The summed E-state index contributed by atoms with van der Waals surface area (Å²) in [5.74, 6) is 0.706. The quantitative estimate of drug-likeness (QED) is 0.902. The number of methoxy groups -OCH3 is 1. The maximum atomic E-state index is 11.9. The minimum absolute atomic E-state index is 0.0966. The molecular weight excluding hydrogens is 260 g/mol. The summed E-state index contributed by atoms with van der Waals surface area (Å²) >= 11 is 1.41. The van der Waals surface area contributed by atoms with Crippen LogP contribution in [0.25, 0.3) is 0 Å². The van der Waals surface area contributed by atoms with E-state index < -0.39 is 0 Å². The molecule has 0 saturated carbocycles. The number of ether oxygens (including phenoxy) is 1. The minimum atomic E-state index is -0.0966. The van der Waals surface area contributed by atoms with Crippen LogP contribution in [0.5, 0.6) is 5.75 Å². The Morgan fingerprint density at radius 3 is 2.58 bits per heavy atom. The second kappa shape index (κ2) is 5.75. The van der Waals surface area contributed by atoms with E-state index in [2.05, 4.69) is 5.32 Å².